The van der Waals surface area contributed by atoms with E-state index in [9.17, 15) is 9.59 Å². The maximum Gasteiger partial charge on any atom is 0.275 e. The second kappa shape index (κ2) is 9.03. The number of hydrogen-bond donors (Lipinski definition) is 1. The number of carbonyl (C=O) groups is 2. The van der Waals surface area contributed by atoms with Gasteiger partial charge in [0.2, 0.25) is 5.91 Å². The predicted molar refractivity (Wildman–Crippen MR) is 92.1 cm³/mol. The summed E-state index contributed by atoms with van der Waals surface area (Å²) in [7, 11) is 3.01. The summed E-state index contributed by atoms with van der Waals surface area (Å²) in [5.74, 6) is 0.525. The highest BCUT2D eigenvalue weighted by Gasteiger charge is 2.18. The van der Waals surface area contributed by atoms with Gasteiger partial charge in [0, 0.05) is 24.9 Å². The van der Waals surface area contributed by atoms with E-state index in [0.717, 1.165) is 0 Å². The molecule has 8 nitrogen and oxygen atoms in total. The predicted octanol–water partition coefficient (Wildman–Crippen LogP) is 1.06. The average Bonchev–Trinajstić information content (AvgIpc) is 2.66. The highest BCUT2D eigenvalue weighted by Crippen LogP contribution is 2.24. The minimum Gasteiger partial charge on any atom is -0.497 e. The summed E-state index contributed by atoms with van der Waals surface area (Å²) in [5, 5.41) is 4.00. The van der Waals surface area contributed by atoms with Gasteiger partial charge < -0.3 is 19.1 Å². The molecule has 0 unspecified atom stereocenters. The molecule has 1 aromatic carbocycles. The molecule has 0 atom stereocenters. The van der Waals surface area contributed by atoms with Gasteiger partial charge in [0.1, 0.15) is 11.5 Å². The molecule has 1 saturated heterocycles. The van der Waals surface area contributed by atoms with Crippen molar-refractivity contribution in [1.82, 2.24) is 10.3 Å². The smallest absolute Gasteiger partial charge is 0.275 e. The molecule has 1 fully saturated rings. The van der Waals surface area contributed by atoms with Gasteiger partial charge in [0.05, 0.1) is 39.4 Å². The first-order valence-corrected chi connectivity index (χ1v) is 7.96. The standard InChI is InChI=1S/C17H23N3O5/c1-12(10-16(21)20-6-8-25-9-7-20)18-19-17(22)14-5-4-13(23-2)11-15(14)24-3/h4-5,11H,6-10H2,1-3H3,(H,19,22)/b18-12+. The Bertz CT molecular complexity index is 654. The molecule has 25 heavy (non-hydrogen) atoms. The summed E-state index contributed by atoms with van der Waals surface area (Å²) in [5.41, 5.74) is 3.31. The van der Waals surface area contributed by atoms with E-state index in [1.165, 1.54) is 14.2 Å². The number of rotatable bonds is 6. The molecular formula is C17H23N3O5. The molecule has 136 valence electrons. The van der Waals surface area contributed by atoms with Gasteiger partial charge in [-0.15, -0.1) is 0 Å². The molecule has 1 aliphatic heterocycles. The number of ether oxygens (including phenoxy) is 3. The number of amides is 2. The summed E-state index contributed by atoms with van der Waals surface area (Å²) in [6.45, 7) is 3.97. The zero-order valence-electron chi connectivity index (χ0n) is 14.7. The Morgan fingerprint density at radius 1 is 1.24 bits per heavy atom. The van der Waals surface area contributed by atoms with Gasteiger partial charge in [-0.05, 0) is 19.1 Å². The van der Waals surface area contributed by atoms with Gasteiger partial charge in [-0.1, -0.05) is 0 Å². The van der Waals surface area contributed by atoms with Crippen LogP contribution in [0, 0.1) is 0 Å². The van der Waals surface area contributed by atoms with Crippen LogP contribution in [0.5, 0.6) is 11.5 Å². The Kier molecular flexibility index (Phi) is 6.76. The number of methoxy groups -OCH3 is 2. The van der Waals surface area contributed by atoms with Crippen LogP contribution in [-0.2, 0) is 9.53 Å². The van der Waals surface area contributed by atoms with Crippen molar-refractivity contribution in [2.45, 2.75) is 13.3 Å². The summed E-state index contributed by atoms with van der Waals surface area (Å²) < 4.78 is 15.5. The van der Waals surface area contributed by atoms with E-state index in [1.54, 1.807) is 30.0 Å². The van der Waals surface area contributed by atoms with Crippen LogP contribution in [0.15, 0.2) is 23.3 Å². The molecule has 1 aliphatic rings. The summed E-state index contributed by atoms with van der Waals surface area (Å²) >= 11 is 0. The van der Waals surface area contributed by atoms with E-state index in [0.29, 0.717) is 49.1 Å². The third-order valence-corrected chi connectivity index (χ3v) is 3.77. The van der Waals surface area contributed by atoms with Crippen molar-refractivity contribution >= 4 is 17.5 Å². The summed E-state index contributed by atoms with van der Waals surface area (Å²) in [4.78, 5) is 26.1. The maximum atomic E-state index is 12.3. The molecule has 0 radical (unpaired) electrons. The Morgan fingerprint density at radius 3 is 2.60 bits per heavy atom. The van der Waals surface area contributed by atoms with Crippen LogP contribution < -0.4 is 14.9 Å². The lowest BCUT2D eigenvalue weighted by molar-refractivity contribution is -0.133. The maximum absolute atomic E-state index is 12.3. The highest BCUT2D eigenvalue weighted by molar-refractivity contribution is 6.01. The molecule has 0 bridgehead atoms. The zero-order chi connectivity index (χ0) is 18.2. The monoisotopic (exact) mass is 349 g/mol. The van der Waals surface area contributed by atoms with Crippen molar-refractivity contribution in [3.05, 3.63) is 23.8 Å². The van der Waals surface area contributed by atoms with E-state index in [4.69, 9.17) is 14.2 Å². The molecule has 0 aromatic heterocycles. The van der Waals surface area contributed by atoms with Crippen molar-refractivity contribution in [3.63, 3.8) is 0 Å². The van der Waals surface area contributed by atoms with E-state index in [-0.39, 0.29) is 12.3 Å². The van der Waals surface area contributed by atoms with Crippen molar-refractivity contribution < 1.29 is 23.8 Å². The molecular weight excluding hydrogens is 326 g/mol. The van der Waals surface area contributed by atoms with Crippen LogP contribution in [0.25, 0.3) is 0 Å². The normalized spacial score (nSPS) is 14.8. The largest absolute Gasteiger partial charge is 0.497 e. The number of morpholine rings is 1. The average molecular weight is 349 g/mol. The minimum atomic E-state index is -0.419. The van der Waals surface area contributed by atoms with E-state index < -0.39 is 5.91 Å². The van der Waals surface area contributed by atoms with Crippen LogP contribution in [0.1, 0.15) is 23.7 Å². The van der Waals surface area contributed by atoms with Crippen molar-refractivity contribution in [1.29, 1.82) is 0 Å². The van der Waals surface area contributed by atoms with Crippen LogP contribution >= 0.6 is 0 Å². The van der Waals surface area contributed by atoms with Crippen LogP contribution in [0.2, 0.25) is 0 Å². The third-order valence-electron chi connectivity index (χ3n) is 3.77. The van der Waals surface area contributed by atoms with E-state index in [1.807, 2.05) is 0 Å². The van der Waals surface area contributed by atoms with Gasteiger partial charge in [-0.3, -0.25) is 9.59 Å². The Balaban J connectivity index is 1.95. The van der Waals surface area contributed by atoms with Crippen molar-refractivity contribution in [2.75, 3.05) is 40.5 Å². The number of nitrogens with one attached hydrogen (secondary N) is 1. The SMILES string of the molecule is COc1ccc(C(=O)N/N=C(\C)CC(=O)N2CCOCC2)c(OC)c1. The second-order valence-corrected chi connectivity index (χ2v) is 5.52. The fourth-order valence-electron chi connectivity index (χ4n) is 2.38. The quantitative estimate of drug-likeness (QED) is 0.613. The molecule has 2 rings (SSSR count). The Labute approximate surface area is 146 Å². The van der Waals surface area contributed by atoms with Crippen molar-refractivity contribution in [3.8, 4) is 11.5 Å². The molecule has 0 saturated carbocycles. The fourth-order valence-corrected chi connectivity index (χ4v) is 2.38. The van der Waals surface area contributed by atoms with Gasteiger partial charge in [-0.2, -0.15) is 5.10 Å². The van der Waals surface area contributed by atoms with E-state index in [2.05, 4.69) is 10.5 Å². The number of carbonyl (C=O) groups excluding carboxylic acids is 2. The molecule has 1 N–H and O–H groups in total. The number of benzene rings is 1. The molecule has 0 aliphatic carbocycles. The Hall–Kier alpha value is -2.61. The number of hydrazone groups is 1. The van der Waals surface area contributed by atoms with Crippen molar-refractivity contribution in [2.24, 2.45) is 5.10 Å². The second-order valence-electron chi connectivity index (χ2n) is 5.52. The zero-order valence-corrected chi connectivity index (χ0v) is 14.7. The van der Waals surface area contributed by atoms with Crippen LogP contribution in [-0.4, -0.2) is 62.9 Å². The summed E-state index contributed by atoms with van der Waals surface area (Å²) in [6, 6.07) is 4.88. The fraction of sp³-hybridized carbons (Fsp3) is 0.471. The first kappa shape index (κ1) is 18.7. The van der Waals surface area contributed by atoms with Crippen LogP contribution in [0.4, 0.5) is 0 Å². The lowest BCUT2D eigenvalue weighted by Gasteiger charge is -2.26. The molecule has 0 spiro atoms. The number of hydrogen-bond acceptors (Lipinski definition) is 6. The topological polar surface area (TPSA) is 89.5 Å². The first-order valence-electron chi connectivity index (χ1n) is 7.96. The first-order chi connectivity index (χ1) is 12.0. The van der Waals surface area contributed by atoms with Crippen LogP contribution in [0.3, 0.4) is 0 Å². The molecule has 1 aromatic rings. The van der Waals surface area contributed by atoms with Gasteiger partial charge in [0.15, 0.2) is 0 Å². The number of nitrogens with zero attached hydrogens (tertiary/aromatic N) is 2. The van der Waals surface area contributed by atoms with Gasteiger partial charge >= 0.3 is 0 Å². The summed E-state index contributed by atoms with van der Waals surface area (Å²) in [6.07, 6.45) is 0.153. The lowest BCUT2D eigenvalue weighted by atomic mass is 10.2. The third kappa shape index (κ3) is 5.18. The molecule has 8 heteroatoms. The Morgan fingerprint density at radius 2 is 1.96 bits per heavy atom. The molecule has 1 heterocycles. The van der Waals surface area contributed by atoms with Gasteiger partial charge in [0.25, 0.3) is 5.91 Å². The highest BCUT2D eigenvalue weighted by atomic mass is 16.5. The van der Waals surface area contributed by atoms with Gasteiger partial charge in [-0.25, -0.2) is 5.43 Å². The lowest BCUT2D eigenvalue weighted by Crippen LogP contribution is -2.41. The minimum absolute atomic E-state index is 0.0270. The molecule has 2 amide bonds. The van der Waals surface area contributed by atoms with E-state index >= 15 is 0 Å².